The highest BCUT2D eigenvalue weighted by atomic mass is 16.6. The van der Waals surface area contributed by atoms with Crippen LogP contribution in [0.5, 0.6) is 11.5 Å². The van der Waals surface area contributed by atoms with E-state index in [-0.39, 0.29) is 12.5 Å². The van der Waals surface area contributed by atoms with Crippen molar-refractivity contribution in [3.05, 3.63) is 54.6 Å². The Kier molecular flexibility index (Phi) is 4.42. The minimum absolute atomic E-state index is 0.0432. The number of hydrogen-bond donors (Lipinski definition) is 1. The smallest absolute Gasteiger partial charge is 0.410 e. The molecule has 0 saturated carbocycles. The first-order chi connectivity index (χ1) is 11.2. The Hall–Kier alpha value is -3.02. The molecule has 1 saturated heterocycles. The number of rotatable bonds is 5. The number of ether oxygens (including phenoxy) is 2. The van der Waals surface area contributed by atoms with Crippen LogP contribution in [0, 0.1) is 0 Å². The second kappa shape index (κ2) is 6.83. The van der Waals surface area contributed by atoms with Crippen LogP contribution in [0.4, 0.5) is 10.5 Å². The first kappa shape index (κ1) is 14.9. The molecule has 118 valence electrons. The second-order valence-corrected chi connectivity index (χ2v) is 5.00. The lowest BCUT2D eigenvalue weighted by Crippen LogP contribution is -2.33. The van der Waals surface area contributed by atoms with E-state index in [0.29, 0.717) is 30.3 Å². The molecule has 2 aromatic carbocycles. The van der Waals surface area contributed by atoms with E-state index in [4.69, 9.17) is 9.47 Å². The molecule has 0 aromatic heterocycles. The molecule has 1 aliphatic heterocycles. The van der Waals surface area contributed by atoms with E-state index in [9.17, 15) is 9.59 Å². The number of nitrogens with zero attached hydrogens (tertiary/aromatic N) is 1. The fourth-order valence-corrected chi connectivity index (χ4v) is 2.21. The summed E-state index contributed by atoms with van der Waals surface area (Å²) in [4.78, 5) is 24.8. The van der Waals surface area contributed by atoms with Crippen molar-refractivity contribution >= 4 is 17.7 Å². The molecule has 1 heterocycles. The zero-order chi connectivity index (χ0) is 16.1. The number of anilines is 1. The number of amides is 2. The summed E-state index contributed by atoms with van der Waals surface area (Å²) < 4.78 is 10.6. The van der Waals surface area contributed by atoms with Crippen molar-refractivity contribution in [2.45, 2.75) is 0 Å². The summed E-state index contributed by atoms with van der Waals surface area (Å²) in [7, 11) is 0. The quantitative estimate of drug-likeness (QED) is 0.922. The summed E-state index contributed by atoms with van der Waals surface area (Å²) in [5.41, 5.74) is 0.550. The van der Waals surface area contributed by atoms with Gasteiger partial charge in [-0.25, -0.2) is 4.79 Å². The minimum Gasteiger partial charge on any atom is -0.455 e. The molecule has 2 amide bonds. The van der Waals surface area contributed by atoms with Gasteiger partial charge in [-0.1, -0.05) is 30.3 Å². The summed E-state index contributed by atoms with van der Waals surface area (Å²) in [5.74, 6) is 0.918. The molecule has 3 rings (SSSR count). The van der Waals surface area contributed by atoms with Crippen molar-refractivity contribution in [3.8, 4) is 11.5 Å². The van der Waals surface area contributed by atoms with Gasteiger partial charge in [0.1, 0.15) is 18.9 Å². The number of carbonyl (C=O) groups excluding carboxylic acids is 2. The van der Waals surface area contributed by atoms with Gasteiger partial charge in [0.25, 0.3) is 0 Å². The van der Waals surface area contributed by atoms with Crippen LogP contribution in [0.1, 0.15) is 0 Å². The highest BCUT2D eigenvalue weighted by Gasteiger charge is 2.24. The fourth-order valence-electron chi connectivity index (χ4n) is 2.21. The molecular formula is C17H16N2O4. The van der Waals surface area contributed by atoms with Crippen molar-refractivity contribution in [1.29, 1.82) is 0 Å². The third kappa shape index (κ3) is 3.79. The molecule has 1 aliphatic rings. The van der Waals surface area contributed by atoms with Gasteiger partial charge in [-0.05, 0) is 24.3 Å². The van der Waals surface area contributed by atoms with E-state index < -0.39 is 6.09 Å². The number of para-hydroxylation sites is 3. The Morgan fingerprint density at radius 1 is 1.13 bits per heavy atom. The van der Waals surface area contributed by atoms with Crippen LogP contribution in [0.15, 0.2) is 54.6 Å². The van der Waals surface area contributed by atoms with Crippen LogP contribution < -0.4 is 10.1 Å². The van der Waals surface area contributed by atoms with Crippen LogP contribution in [-0.4, -0.2) is 36.6 Å². The molecule has 0 radical (unpaired) electrons. The maximum absolute atomic E-state index is 12.1. The molecule has 23 heavy (non-hydrogen) atoms. The monoisotopic (exact) mass is 312 g/mol. The van der Waals surface area contributed by atoms with Crippen LogP contribution in [0.2, 0.25) is 0 Å². The number of carbonyl (C=O) groups is 2. The second-order valence-electron chi connectivity index (χ2n) is 5.00. The van der Waals surface area contributed by atoms with Gasteiger partial charge in [-0.2, -0.15) is 0 Å². The van der Waals surface area contributed by atoms with E-state index >= 15 is 0 Å². The van der Waals surface area contributed by atoms with Crippen molar-refractivity contribution in [2.24, 2.45) is 0 Å². The van der Waals surface area contributed by atoms with Gasteiger partial charge < -0.3 is 14.8 Å². The predicted molar refractivity (Wildman–Crippen MR) is 84.5 cm³/mol. The van der Waals surface area contributed by atoms with E-state index in [1.54, 1.807) is 18.2 Å². The van der Waals surface area contributed by atoms with Crippen LogP contribution in [0.25, 0.3) is 0 Å². The Morgan fingerprint density at radius 2 is 1.87 bits per heavy atom. The summed E-state index contributed by atoms with van der Waals surface area (Å²) in [6, 6.07) is 16.5. The van der Waals surface area contributed by atoms with Crippen molar-refractivity contribution < 1.29 is 19.1 Å². The third-order valence-corrected chi connectivity index (χ3v) is 3.31. The lowest BCUT2D eigenvalue weighted by atomic mass is 10.2. The summed E-state index contributed by atoms with van der Waals surface area (Å²) in [5, 5.41) is 2.76. The molecule has 0 aliphatic carbocycles. The maximum atomic E-state index is 12.1. The topological polar surface area (TPSA) is 67.9 Å². The first-order valence-corrected chi connectivity index (χ1v) is 7.26. The lowest BCUT2D eigenvalue weighted by molar-refractivity contribution is -0.116. The zero-order valence-corrected chi connectivity index (χ0v) is 12.4. The minimum atomic E-state index is -0.464. The van der Waals surface area contributed by atoms with Gasteiger partial charge in [0.05, 0.1) is 12.2 Å². The fraction of sp³-hybridized carbons (Fsp3) is 0.176. The highest BCUT2D eigenvalue weighted by Crippen LogP contribution is 2.29. The zero-order valence-electron chi connectivity index (χ0n) is 12.4. The number of nitrogens with one attached hydrogen (secondary N) is 1. The molecular weight excluding hydrogens is 296 g/mol. The molecule has 0 spiro atoms. The average Bonchev–Trinajstić information content (AvgIpc) is 2.95. The Labute approximate surface area is 133 Å². The standard InChI is InChI=1S/C17H16N2O4/c20-16(12-19-10-11-22-17(19)21)18-14-8-4-5-9-15(14)23-13-6-2-1-3-7-13/h1-9H,10-12H2,(H,18,20). The summed E-state index contributed by atoms with van der Waals surface area (Å²) >= 11 is 0. The SMILES string of the molecule is O=C(CN1CCOC1=O)Nc1ccccc1Oc1ccccc1. The Morgan fingerprint density at radius 3 is 2.61 bits per heavy atom. The van der Waals surface area contributed by atoms with E-state index in [2.05, 4.69) is 5.32 Å². The predicted octanol–water partition coefficient (Wildman–Crippen LogP) is 2.87. The van der Waals surface area contributed by atoms with Crippen molar-refractivity contribution in [3.63, 3.8) is 0 Å². The highest BCUT2D eigenvalue weighted by molar-refractivity contribution is 5.95. The maximum Gasteiger partial charge on any atom is 0.410 e. The molecule has 2 aromatic rings. The number of benzene rings is 2. The normalized spacial score (nSPS) is 13.6. The molecule has 0 unspecified atom stereocenters. The van der Waals surface area contributed by atoms with E-state index in [1.807, 2.05) is 36.4 Å². The largest absolute Gasteiger partial charge is 0.455 e. The van der Waals surface area contributed by atoms with Gasteiger partial charge in [0, 0.05) is 0 Å². The van der Waals surface area contributed by atoms with Crippen LogP contribution >= 0.6 is 0 Å². The van der Waals surface area contributed by atoms with Gasteiger partial charge in [-0.3, -0.25) is 9.69 Å². The first-order valence-electron chi connectivity index (χ1n) is 7.26. The Bertz CT molecular complexity index is 703. The third-order valence-electron chi connectivity index (χ3n) is 3.31. The molecule has 6 heteroatoms. The Balaban J connectivity index is 1.68. The molecule has 6 nitrogen and oxygen atoms in total. The van der Waals surface area contributed by atoms with Crippen molar-refractivity contribution in [2.75, 3.05) is 25.0 Å². The van der Waals surface area contributed by atoms with Crippen LogP contribution in [0.3, 0.4) is 0 Å². The van der Waals surface area contributed by atoms with Gasteiger partial charge in [-0.15, -0.1) is 0 Å². The summed E-state index contributed by atoms with van der Waals surface area (Å²) in [6.45, 7) is 0.701. The molecule has 0 bridgehead atoms. The van der Waals surface area contributed by atoms with E-state index in [0.717, 1.165) is 0 Å². The molecule has 1 N–H and O–H groups in total. The van der Waals surface area contributed by atoms with E-state index in [1.165, 1.54) is 4.90 Å². The van der Waals surface area contributed by atoms with Crippen LogP contribution in [-0.2, 0) is 9.53 Å². The lowest BCUT2D eigenvalue weighted by Gasteiger charge is -2.15. The average molecular weight is 312 g/mol. The number of hydrogen-bond acceptors (Lipinski definition) is 4. The van der Waals surface area contributed by atoms with Crippen molar-refractivity contribution in [1.82, 2.24) is 4.90 Å². The molecule has 1 fully saturated rings. The summed E-state index contributed by atoms with van der Waals surface area (Å²) in [6.07, 6.45) is -0.464. The number of cyclic esters (lactones) is 1. The van der Waals surface area contributed by atoms with Gasteiger partial charge >= 0.3 is 6.09 Å². The molecule has 0 atom stereocenters. The van der Waals surface area contributed by atoms with Gasteiger partial charge in [0.2, 0.25) is 5.91 Å². The van der Waals surface area contributed by atoms with Gasteiger partial charge in [0.15, 0.2) is 5.75 Å².